The van der Waals surface area contributed by atoms with Gasteiger partial charge in [0.25, 0.3) is 0 Å². The van der Waals surface area contributed by atoms with Crippen molar-refractivity contribution < 1.29 is 4.79 Å². The van der Waals surface area contributed by atoms with Gasteiger partial charge >= 0.3 is 0 Å². The summed E-state index contributed by atoms with van der Waals surface area (Å²) >= 11 is 11.9. The zero-order valence-electron chi connectivity index (χ0n) is 9.44. The Morgan fingerprint density at radius 2 is 1.61 bits per heavy atom. The molecule has 18 heavy (non-hydrogen) atoms. The van der Waals surface area contributed by atoms with E-state index in [0.717, 1.165) is 11.3 Å². The van der Waals surface area contributed by atoms with Crippen LogP contribution in [0.3, 0.4) is 0 Å². The molecule has 2 nitrogen and oxygen atoms in total. The van der Waals surface area contributed by atoms with Crippen LogP contribution in [-0.2, 0) is 4.79 Å². The summed E-state index contributed by atoms with van der Waals surface area (Å²) in [7, 11) is 0. The van der Waals surface area contributed by atoms with Gasteiger partial charge in [-0.25, -0.2) is 0 Å². The molecule has 0 aliphatic rings. The second kappa shape index (κ2) is 5.89. The van der Waals surface area contributed by atoms with E-state index in [1.54, 1.807) is 24.3 Å². The summed E-state index contributed by atoms with van der Waals surface area (Å²) in [5, 5.41) is 2.63. The lowest BCUT2D eigenvalue weighted by Crippen LogP contribution is -2.17. The van der Waals surface area contributed by atoms with Gasteiger partial charge in [0.05, 0.1) is 0 Å². The van der Waals surface area contributed by atoms with Crippen LogP contribution in [0, 0.1) is 0 Å². The lowest BCUT2D eigenvalue weighted by Gasteiger charge is -2.10. The van der Waals surface area contributed by atoms with Crippen LogP contribution >= 0.6 is 23.2 Å². The van der Waals surface area contributed by atoms with Crippen molar-refractivity contribution in [1.82, 2.24) is 0 Å². The molecule has 0 unspecified atom stereocenters. The number of carbonyl (C=O) groups is 1. The van der Waals surface area contributed by atoms with Gasteiger partial charge in [0.1, 0.15) is 5.38 Å². The SMILES string of the molecule is O=C(Nc1ccccc1)[C@@H](Cl)c1ccc(Cl)cc1. The molecule has 0 aliphatic carbocycles. The molecule has 2 aromatic rings. The van der Waals surface area contributed by atoms with Crippen LogP contribution in [-0.4, -0.2) is 5.91 Å². The maximum absolute atomic E-state index is 11.9. The predicted molar refractivity (Wildman–Crippen MR) is 75.1 cm³/mol. The molecule has 0 aromatic heterocycles. The highest BCUT2D eigenvalue weighted by atomic mass is 35.5. The largest absolute Gasteiger partial charge is 0.325 e. The third-order valence-corrected chi connectivity index (χ3v) is 3.14. The number of rotatable bonds is 3. The number of amides is 1. The summed E-state index contributed by atoms with van der Waals surface area (Å²) < 4.78 is 0. The fourth-order valence-corrected chi connectivity index (χ4v) is 1.84. The van der Waals surface area contributed by atoms with E-state index in [2.05, 4.69) is 5.32 Å². The Hall–Kier alpha value is -1.51. The van der Waals surface area contributed by atoms with Gasteiger partial charge in [-0.2, -0.15) is 0 Å². The molecule has 0 saturated carbocycles. The van der Waals surface area contributed by atoms with Crippen LogP contribution in [0.2, 0.25) is 5.02 Å². The fourth-order valence-electron chi connectivity index (χ4n) is 1.51. The fraction of sp³-hybridized carbons (Fsp3) is 0.0714. The van der Waals surface area contributed by atoms with E-state index in [-0.39, 0.29) is 5.91 Å². The molecule has 1 amide bonds. The first-order valence-corrected chi connectivity index (χ1v) is 6.24. The summed E-state index contributed by atoms with van der Waals surface area (Å²) in [6, 6.07) is 16.1. The average Bonchev–Trinajstić information content (AvgIpc) is 2.40. The van der Waals surface area contributed by atoms with E-state index in [9.17, 15) is 4.79 Å². The number of hydrogen-bond acceptors (Lipinski definition) is 1. The highest BCUT2D eigenvalue weighted by Gasteiger charge is 2.17. The van der Waals surface area contributed by atoms with Gasteiger partial charge in [-0.05, 0) is 29.8 Å². The van der Waals surface area contributed by atoms with Crippen LogP contribution < -0.4 is 5.32 Å². The highest BCUT2D eigenvalue weighted by Crippen LogP contribution is 2.23. The van der Waals surface area contributed by atoms with Crippen molar-refractivity contribution in [3.63, 3.8) is 0 Å². The number of halogens is 2. The van der Waals surface area contributed by atoms with E-state index < -0.39 is 5.38 Å². The van der Waals surface area contributed by atoms with E-state index >= 15 is 0 Å². The molecule has 0 bridgehead atoms. The lowest BCUT2D eigenvalue weighted by atomic mass is 10.1. The van der Waals surface area contributed by atoms with Gasteiger partial charge in [0.2, 0.25) is 5.91 Å². The smallest absolute Gasteiger partial charge is 0.246 e. The lowest BCUT2D eigenvalue weighted by molar-refractivity contribution is -0.116. The summed E-state index contributed by atoms with van der Waals surface area (Å²) in [6.07, 6.45) is 0. The van der Waals surface area contributed by atoms with E-state index in [4.69, 9.17) is 23.2 Å². The van der Waals surface area contributed by atoms with Crippen LogP contribution in [0.15, 0.2) is 54.6 Å². The van der Waals surface area contributed by atoms with Crippen LogP contribution in [0.25, 0.3) is 0 Å². The average molecular weight is 280 g/mol. The Morgan fingerprint density at radius 3 is 2.22 bits per heavy atom. The van der Waals surface area contributed by atoms with Gasteiger partial charge in [0, 0.05) is 10.7 Å². The Kier molecular flexibility index (Phi) is 4.24. The molecular weight excluding hydrogens is 269 g/mol. The minimum atomic E-state index is -0.734. The quantitative estimate of drug-likeness (QED) is 0.836. The standard InChI is InChI=1S/C14H11Cl2NO/c15-11-8-6-10(7-9-11)13(16)14(18)17-12-4-2-1-3-5-12/h1-9,13H,(H,17,18)/t13-/m0/s1. The molecule has 2 aromatic carbocycles. The first-order chi connectivity index (χ1) is 8.66. The second-order valence-corrected chi connectivity index (χ2v) is 4.64. The minimum Gasteiger partial charge on any atom is -0.325 e. The number of benzene rings is 2. The van der Waals surface area contributed by atoms with Gasteiger partial charge < -0.3 is 5.32 Å². The number of alkyl halides is 1. The Morgan fingerprint density at radius 1 is 1.00 bits per heavy atom. The molecule has 1 N–H and O–H groups in total. The van der Waals surface area contributed by atoms with Crippen molar-refractivity contribution in [2.24, 2.45) is 0 Å². The van der Waals surface area contributed by atoms with Crippen molar-refractivity contribution >= 4 is 34.8 Å². The number of hydrogen-bond donors (Lipinski definition) is 1. The molecule has 0 spiro atoms. The van der Waals surface area contributed by atoms with Crippen LogP contribution in [0.1, 0.15) is 10.9 Å². The normalized spacial score (nSPS) is 11.9. The summed E-state index contributed by atoms with van der Waals surface area (Å²) in [4.78, 5) is 11.9. The maximum atomic E-state index is 11.9. The highest BCUT2D eigenvalue weighted by molar-refractivity contribution is 6.33. The van der Waals surface area contributed by atoms with Crippen molar-refractivity contribution in [1.29, 1.82) is 0 Å². The monoisotopic (exact) mass is 279 g/mol. The van der Waals surface area contributed by atoms with Crippen molar-refractivity contribution in [3.05, 3.63) is 65.2 Å². The Balaban J connectivity index is 2.07. The maximum Gasteiger partial charge on any atom is 0.246 e. The molecular formula is C14H11Cl2NO. The molecule has 0 saturated heterocycles. The van der Waals surface area contributed by atoms with Crippen LogP contribution in [0.4, 0.5) is 5.69 Å². The molecule has 0 aliphatic heterocycles. The molecule has 1 atom stereocenters. The minimum absolute atomic E-state index is 0.259. The topological polar surface area (TPSA) is 29.1 Å². The van der Waals surface area contributed by atoms with Crippen molar-refractivity contribution in [2.45, 2.75) is 5.38 Å². The van der Waals surface area contributed by atoms with Crippen LogP contribution in [0.5, 0.6) is 0 Å². The Bertz CT molecular complexity index is 525. The Labute approximate surface area is 116 Å². The first kappa shape index (κ1) is 12.9. The summed E-state index contributed by atoms with van der Waals surface area (Å²) in [5.41, 5.74) is 1.44. The third-order valence-electron chi connectivity index (χ3n) is 2.43. The van der Waals surface area contributed by atoms with Gasteiger partial charge in [0.15, 0.2) is 0 Å². The molecule has 4 heteroatoms. The van der Waals surface area contributed by atoms with E-state index in [1.807, 2.05) is 30.3 Å². The molecule has 0 fully saturated rings. The third kappa shape index (κ3) is 3.25. The molecule has 92 valence electrons. The summed E-state index contributed by atoms with van der Waals surface area (Å²) in [6.45, 7) is 0. The molecule has 2 rings (SSSR count). The number of anilines is 1. The number of carbonyl (C=O) groups excluding carboxylic acids is 1. The van der Waals surface area contributed by atoms with Gasteiger partial charge in [-0.3, -0.25) is 4.79 Å². The van der Waals surface area contributed by atoms with Crippen molar-refractivity contribution in [2.75, 3.05) is 5.32 Å². The number of para-hydroxylation sites is 1. The zero-order valence-corrected chi connectivity index (χ0v) is 10.9. The van der Waals surface area contributed by atoms with Gasteiger partial charge in [-0.15, -0.1) is 11.6 Å². The molecule has 0 heterocycles. The zero-order chi connectivity index (χ0) is 13.0. The van der Waals surface area contributed by atoms with Crippen molar-refractivity contribution in [3.8, 4) is 0 Å². The number of nitrogens with one attached hydrogen (secondary N) is 1. The van der Waals surface area contributed by atoms with E-state index in [1.165, 1.54) is 0 Å². The van der Waals surface area contributed by atoms with Gasteiger partial charge in [-0.1, -0.05) is 41.9 Å². The van der Waals surface area contributed by atoms with E-state index in [0.29, 0.717) is 5.02 Å². The first-order valence-electron chi connectivity index (χ1n) is 5.42. The predicted octanol–water partition coefficient (Wildman–Crippen LogP) is 4.26. The summed E-state index contributed by atoms with van der Waals surface area (Å²) in [5.74, 6) is -0.259. The molecule has 0 radical (unpaired) electrons. The second-order valence-electron chi connectivity index (χ2n) is 3.77.